The van der Waals surface area contributed by atoms with E-state index in [1.165, 1.54) is 32.2 Å². The summed E-state index contributed by atoms with van der Waals surface area (Å²) >= 11 is 0. The fourth-order valence-corrected chi connectivity index (χ4v) is 4.43. The molecule has 3 nitrogen and oxygen atoms in total. The minimum Gasteiger partial charge on any atom is -0.394 e. The quantitative estimate of drug-likeness (QED) is 0.832. The summed E-state index contributed by atoms with van der Waals surface area (Å²) in [6, 6.07) is 1.79. The van der Waals surface area contributed by atoms with Crippen molar-refractivity contribution in [3.63, 3.8) is 0 Å². The fourth-order valence-electron chi connectivity index (χ4n) is 4.43. The van der Waals surface area contributed by atoms with Crippen LogP contribution in [0.3, 0.4) is 0 Å². The summed E-state index contributed by atoms with van der Waals surface area (Å²) in [7, 11) is 0. The van der Waals surface area contributed by atoms with Crippen molar-refractivity contribution in [2.45, 2.75) is 89.9 Å². The van der Waals surface area contributed by atoms with Crippen LogP contribution in [0.15, 0.2) is 0 Å². The predicted molar refractivity (Wildman–Crippen MR) is 84.9 cm³/mol. The summed E-state index contributed by atoms with van der Waals surface area (Å²) < 4.78 is 0. The second-order valence-electron chi connectivity index (χ2n) is 7.59. The number of hydrogen-bond acceptors (Lipinski definition) is 3. The first-order chi connectivity index (χ1) is 9.47. The molecule has 0 radical (unpaired) electrons. The molecule has 4 atom stereocenters. The van der Waals surface area contributed by atoms with E-state index < -0.39 is 0 Å². The molecule has 4 unspecified atom stereocenters. The molecule has 0 aromatic rings. The first-order valence-electron chi connectivity index (χ1n) is 8.62. The summed E-state index contributed by atoms with van der Waals surface area (Å²) in [6.45, 7) is 10.7. The molecule has 1 heterocycles. The Hall–Kier alpha value is -0.120. The van der Waals surface area contributed by atoms with Gasteiger partial charge in [0.2, 0.25) is 0 Å². The molecule has 0 aromatic heterocycles. The van der Waals surface area contributed by atoms with E-state index in [-0.39, 0.29) is 12.1 Å². The van der Waals surface area contributed by atoms with Crippen LogP contribution < -0.4 is 5.32 Å². The van der Waals surface area contributed by atoms with Crippen molar-refractivity contribution in [3.8, 4) is 0 Å². The number of hydrogen-bond donors (Lipinski definition) is 2. The van der Waals surface area contributed by atoms with Crippen LogP contribution in [0.25, 0.3) is 0 Å². The summed E-state index contributed by atoms with van der Waals surface area (Å²) in [5.74, 6) is 0.812. The first-order valence-corrected chi connectivity index (χ1v) is 8.62. The molecule has 2 rings (SSSR count). The van der Waals surface area contributed by atoms with Gasteiger partial charge in [0, 0.05) is 23.7 Å². The van der Waals surface area contributed by atoms with Gasteiger partial charge in [-0.2, -0.15) is 0 Å². The summed E-state index contributed by atoms with van der Waals surface area (Å²) in [6.07, 6.45) is 7.49. The van der Waals surface area contributed by atoms with Crippen molar-refractivity contribution in [1.29, 1.82) is 0 Å². The molecule has 2 aliphatic rings. The summed E-state index contributed by atoms with van der Waals surface area (Å²) in [5.41, 5.74) is -0.0442. The Morgan fingerprint density at radius 3 is 2.65 bits per heavy atom. The number of likely N-dealkylation sites (tertiary alicyclic amines) is 1. The molecule has 0 aromatic carbocycles. The van der Waals surface area contributed by atoms with Gasteiger partial charge in [-0.15, -0.1) is 0 Å². The van der Waals surface area contributed by atoms with Gasteiger partial charge in [0.1, 0.15) is 0 Å². The van der Waals surface area contributed by atoms with E-state index >= 15 is 0 Å². The minimum atomic E-state index is -0.0442. The van der Waals surface area contributed by atoms with Crippen molar-refractivity contribution in [1.82, 2.24) is 10.2 Å². The summed E-state index contributed by atoms with van der Waals surface area (Å²) in [4.78, 5) is 2.74. The third-order valence-electron chi connectivity index (χ3n) is 5.61. The molecule has 3 heteroatoms. The third kappa shape index (κ3) is 3.55. The zero-order valence-corrected chi connectivity index (χ0v) is 13.9. The number of nitrogens with zero attached hydrogens (tertiary/aromatic N) is 1. The van der Waals surface area contributed by atoms with Crippen molar-refractivity contribution < 1.29 is 5.11 Å². The second kappa shape index (κ2) is 6.76. The molecule has 1 saturated heterocycles. The van der Waals surface area contributed by atoms with Gasteiger partial charge in [-0.3, -0.25) is 4.90 Å². The highest BCUT2D eigenvalue weighted by molar-refractivity contribution is 4.98. The van der Waals surface area contributed by atoms with Gasteiger partial charge in [0.05, 0.1) is 6.61 Å². The van der Waals surface area contributed by atoms with Crippen LogP contribution in [0.1, 0.15) is 66.2 Å². The highest BCUT2D eigenvalue weighted by atomic mass is 16.3. The lowest BCUT2D eigenvalue weighted by Crippen LogP contribution is -2.59. The Morgan fingerprint density at radius 2 is 2.00 bits per heavy atom. The summed E-state index contributed by atoms with van der Waals surface area (Å²) in [5, 5.41) is 13.6. The minimum absolute atomic E-state index is 0.0442. The lowest BCUT2D eigenvalue weighted by atomic mass is 9.77. The van der Waals surface area contributed by atoms with Gasteiger partial charge in [-0.1, -0.05) is 20.8 Å². The van der Waals surface area contributed by atoms with E-state index in [1.807, 2.05) is 0 Å². The Balaban J connectivity index is 2.05. The average Bonchev–Trinajstić information content (AvgIpc) is 2.41. The molecule has 2 N–H and O–H groups in total. The van der Waals surface area contributed by atoms with E-state index in [4.69, 9.17) is 0 Å². The SMILES string of the molecule is CC(C)NC1(CO)CCCC(N2CCCC(C)C2C)C1. The Bertz CT molecular complexity index is 307. The van der Waals surface area contributed by atoms with Gasteiger partial charge in [-0.25, -0.2) is 0 Å². The van der Waals surface area contributed by atoms with Gasteiger partial charge < -0.3 is 10.4 Å². The molecule has 0 amide bonds. The number of rotatable bonds is 4. The van der Waals surface area contributed by atoms with Crippen LogP contribution in [0.4, 0.5) is 0 Å². The van der Waals surface area contributed by atoms with Crippen molar-refractivity contribution in [2.24, 2.45) is 5.92 Å². The Morgan fingerprint density at radius 1 is 1.25 bits per heavy atom. The Labute approximate surface area is 125 Å². The molecule has 20 heavy (non-hydrogen) atoms. The van der Waals surface area contributed by atoms with Gasteiger partial charge in [0.15, 0.2) is 0 Å². The standard InChI is InChI=1S/C17H34N2O/c1-13(2)18-17(12-20)9-5-8-16(11-17)19-10-6-7-14(3)15(19)4/h13-16,18,20H,5-12H2,1-4H3. The molecule has 2 fully saturated rings. The van der Waals surface area contributed by atoms with Crippen molar-refractivity contribution in [2.75, 3.05) is 13.2 Å². The van der Waals surface area contributed by atoms with Crippen LogP contribution in [0.2, 0.25) is 0 Å². The first kappa shape index (κ1) is 16.3. The van der Waals surface area contributed by atoms with E-state index in [0.29, 0.717) is 18.1 Å². The van der Waals surface area contributed by atoms with Crippen LogP contribution in [0, 0.1) is 5.92 Å². The highest BCUT2D eigenvalue weighted by Crippen LogP contribution is 2.35. The maximum absolute atomic E-state index is 9.94. The second-order valence-corrected chi connectivity index (χ2v) is 7.59. The number of nitrogens with one attached hydrogen (secondary N) is 1. The van der Waals surface area contributed by atoms with Crippen LogP contribution in [-0.2, 0) is 0 Å². The Kier molecular flexibility index (Phi) is 5.49. The van der Waals surface area contributed by atoms with Crippen molar-refractivity contribution in [3.05, 3.63) is 0 Å². The van der Waals surface area contributed by atoms with Gasteiger partial charge >= 0.3 is 0 Å². The van der Waals surface area contributed by atoms with Crippen LogP contribution in [-0.4, -0.2) is 46.8 Å². The van der Waals surface area contributed by atoms with E-state index in [2.05, 4.69) is 37.9 Å². The molecule has 0 spiro atoms. The molecule has 1 aliphatic carbocycles. The number of piperidine rings is 1. The fraction of sp³-hybridized carbons (Fsp3) is 1.00. The molecule has 1 saturated carbocycles. The zero-order chi connectivity index (χ0) is 14.8. The normalized spacial score (nSPS) is 40.2. The van der Waals surface area contributed by atoms with Crippen molar-refractivity contribution >= 4 is 0 Å². The molecular formula is C17H34N2O. The van der Waals surface area contributed by atoms with E-state index in [0.717, 1.165) is 18.8 Å². The zero-order valence-electron chi connectivity index (χ0n) is 13.9. The monoisotopic (exact) mass is 282 g/mol. The number of aliphatic hydroxyl groups excluding tert-OH is 1. The predicted octanol–water partition coefficient (Wildman–Crippen LogP) is 2.78. The van der Waals surface area contributed by atoms with Gasteiger partial charge in [-0.05, 0) is 57.9 Å². The topological polar surface area (TPSA) is 35.5 Å². The number of aliphatic hydroxyl groups is 1. The lowest BCUT2D eigenvalue weighted by Gasteiger charge is -2.49. The molecular weight excluding hydrogens is 248 g/mol. The van der Waals surface area contributed by atoms with E-state index in [9.17, 15) is 5.11 Å². The van der Waals surface area contributed by atoms with E-state index in [1.54, 1.807) is 0 Å². The maximum atomic E-state index is 9.94. The highest BCUT2D eigenvalue weighted by Gasteiger charge is 2.40. The van der Waals surface area contributed by atoms with Crippen LogP contribution in [0.5, 0.6) is 0 Å². The van der Waals surface area contributed by atoms with Crippen LogP contribution >= 0.6 is 0 Å². The molecule has 118 valence electrons. The molecule has 0 bridgehead atoms. The third-order valence-corrected chi connectivity index (χ3v) is 5.61. The van der Waals surface area contributed by atoms with Gasteiger partial charge in [0.25, 0.3) is 0 Å². The molecule has 1 aliphatic heterocycles. The average molecular weight is 282 g/mol. The smallest absolute Gasteiger partial charge is 0.0613 e. The maximum Gasteiger partial charge on any atom is 0.0613 e. The lowest BCUT2D eigenvalue weighted by molar-refractivity contribution is 0.00884. The largest absolute Gasteiger partial charge is 0.394 e.